The van der Waals surface area contributed by atoms with Crippen LogP contribution < -0.4 is 10.5 Å². The van der Waals surface area contributed by atoms with Crippen molar-refractivity contribution < 1.29 is 14.5 Å². The number of hydrogen-bond donors (Lipinski definition) is 2. The quantitative estimate of drug-likeness (QED) is 0.196. The molecule has 16 heavy (non-hydrogen) atoms. The molecular formula is C9H9N3O4. The van der Waals surface area contributed by atoms with Gasteiger partial charge in [0.2, 0.25) is 0 Å². The maximum atomic E-state index is 10.8. The maximum absolute atomic E-state index is 10.8. The van der Waals surface area contributed by atoms with Crippen LogP contribution in [-0.4, -0.2) is 16.7 Å². The van der Waals surface area contributed by atoms with E-state index in [-0.39, 0.29) is 22.8 Å². The Hall–Kier alpha value is -2.44. The molecule has 0 aliphatic rings. The zero-order valence-electron chi connectivity index (χ0n) is 8.39. The van der Waals surface area contributed by atoms with Gasteiger partial charge in [-0.25, -0.2) is 0 Å². The minimum atomic E-state index is -0.636. The zero-order chi connectivity index (χ0) is 12.3. The lowest BCUT2D eigenvalue weighted by Crippen LogP contribution is -2.14. The fourth-order valence-corrected chi connectivity index (χ4v) is 1.09. The first-order chi connectivity index (χ1) is 7.41. The largest absolute Gasteiger partial charge is 0.426 e. The van der Waals surface area contributed by atoms with Crippen molar-refractivity contribution in [1.82, 2.24) is 0 Å². The van der Waals surface area contributed by atoms with Gasteiger partial charge in [-0.3, -0.25) is 20.3 Å². The van der Waals surface area contributed by atoms with Crippen LogP contribution in [0.25, 0.3) is 0 Å². The Bertz CT molecular complexity index is 470. The normalized spacial score (nSPS) is 9.56. The van der Waals surface area contributed by atoms with Crippen LogP contribution in [-0.2, 0) is 4.79 Å². The van der Waals surface area contributed by atoms with Crippen LogP contribution in [0.15, 0.2) is 18.2 Å². The van der Waals surface area contributed by atoms with E-state index in [4.69, 9.17) is 15.9 Å². The average Bonchev–Trinajstić information content (AvgIpc) is 2.15. The first-order valence-corrected chi connectivity index (χ1v) is 4.23. The number of nitrogens with one attached hydrogen (secondary N) is 1. The highest BCUT2D eigenvalue weighted by molar-refractivity contribution is 5.98. The number of carbonyl (C=O) groups excluding carboxylic acids is 1. The summed E-state index contributed by atoms with van der Waals surface area (Å²) in [6.07, 6.45) is 0. The summed E-state index contributed by atoms with van der Waals surface area (Å²) in [5.41, 5.74) is 5.14. The second-order valence-electron chi connectivity index (χ2n) is 2.94. The van der Waals surface area contributed by atoms with Crippen molar-refractivity contribution in [3.8, 4) is 5.75 Å². The fourth-order valence-electron chi connectivity index (χ4n) is 1.09. The lowest BCUT2D eigenvalue weighted by molar-refractivity contribution is -0.384. The van der Waals surface area contributed by atoms with E-state index in [1.807, 2.05) is 0 Å². The number of benzene rings is 1. The molecule has 0 heterocycles. The van der Waals surface area contributed by atoms with Gasteiger partial charge in [-0.1, -0.05) is 0 Å². The molecule has 7 nitrogen and oxygen atoms in total. The van der Waals surface area contributed by atoms with Gasteiger partial charge in [0, 0.05) is 13.0 Å². The molecule has 0 bridgehead atoms. The first-order valence-electron chi connectivity index (χ1n) is 4.23. The number of ether oxygens (including phenoxy) is 1. The first kappa shape index (κ1) is 11.6. The number of non-ortho nitro benzene ring substituents is 1. The van der Waals surface area contributed by atoms with E-state index in [2.05, 4.69) is 0 Å². The number of hydrogen-bond acceptors (Lipinski definition) is 5. The number of esters is 1. The summed E-state index contributed by atoms with van der Waals surface area (Å²) < 4.78 is 4.73. The zero-order valence-corrected chi connectivity index (χ0v) is 8.39. The minimum absolute atomic E-state index is 0.0887. The smallest absolute Gasteiger partial charge is 0.308 e. The molecule has 0 saturated heterocycles. The lowest BCUT2D eigenvalue weighted by Gasteiger charge is -2.06. The molecule has 3 N–H and O–H groups in total. The van der Waals surface area contributed by atoms with Gasteiger partial charge >= 0.3 is 5.97 Å². The summed E-state index contributed by atoms with van der Waals surface area (Å²) in [5.74, 6) is -1.05. The van der Waals surface area contributed by atoms with Crippen molar-refractivity contribution in [2.75, 3.05) is 0 Å². The van der Waals surface area contributed by atoms with Crippen LogP contribution in [0, 0.1) is 15.5 Å². The van der Waals surface area contributed by atoms with Gasteiger partial charge in [0.25, 0.3) is 5.69 Å². The number of nitro groups is 1. The third-order valence-electron chi connectivity index (χ3n) is 1.72. The highest BCUT2D eigenvalue weighted by atomic mass is 16.6. The van der Waals surface area contributed by atoms with Crippen LogP contribution in [0.2, 0.25) is 0 Å². The van der Waals surface area contributed by atoms with Crippen molar-refractivity contribution in [1.29, 1.82) is 5.41 Å². The van der Waals surface area contributed by atoms with E-state index in [0.29, 0.717) is 0 Å². The molecule has 0 spiro atoms. The molecule has 1 aromatic rings. The van der Waals surface area contributed by atoms with E-state index in [1.54, 1.807) is 0 Å². The number of nitro benzene ring substituents is 1. The van der Waals surface area contributed by atoms with Crippen LogP contribution in [0.1, 0.15) is 12.5 Å². The Morgan fingerprint density at radius 1 is 1.56 bits per heavy atom. The van der Waals surface area contributed by atoms with Crippen molar-refractivity contribution >= 4 is 17.5 Å². The van der Waals surface area contributed by atoms with Crippen molar-refractivity contribution in [2.24, 2.45) is 5.73 Å². The van der Waals surface area contributed by atoms with Crippen molar-refractivity contribution in [2.45, 2.75) is 6.92 Å². The Balaban J connectivity index is 3.26. The monoisotopic (exact) mass is 223 g/mol. The highest BCUT2D eigenvalue weighted by Gasteiger charge is 2.14. The standard InChI is InChI=1S/C9H9N3O4/c1-5(13)16-8-4-6(12(14)15)2-3-7(8)9(10)11/h2-4H,1H3,(H3,10,11). The summed E-state index contributed by atoms with van der Waals surface area (Å²) in [5, 5.41) is 17.7. The number of carbonyl (C=O) groups is 1. The number of rotatable bonds is 3. The molecular weight excluding hydrogens is 214 g/mol. The fraction of sp³-hybridized carbons (Fsp3) is 0.111. The Labute approximate surface area is 90.5 Å². The van der Waals surface area contributed by atoms with Gasteiger partial charge < -0.3 is 10.5 Å². The molecule has 0 fully saturated rings. The van der Waals surface area contributed by atoms with E-state index in [9.17, 15) is 14.9 Å². The van der Waals surface area contributed by atoms with Gasteiger partial charge in [0.1, 0.15) is 11.6 Å². The predicted octanol–water partition coefficient (Wildman–Crippen LogP) is 0.804. The Morgan fingerprint density at radius 3 is 2.62 bits per heavy atom. The maximum Gasteiger partial charge on any atom is 0.308 e. The molecule has 0 aliphatic heterocycles. The molecule has 0 aliphatic carbocycles. The molecule has 0 unspecified atom stereocenters. The van der Waals surface area contributed by atoms with Crippen LogP contribution in [0.4, 0.5) is 5.69 Å². The summed E-state index contributed by atoms with van der Waals surface area (Å²) >= 11 is 0. The highest BCUT2D eigenvalue weighted by Crippen LogP contribution is 2.24. The predicted molar refractivity (Wildman–Crippen MR) is 55.4 cm³/mol. The Kier molecular flexibility index (Phi) is 3.19. The molecule has 1 aromatic carbocycles. The van der Waals surface area contributed by atoms with E-state index < -0.39 is 10.9 Å². The topological polar surface area (TPSA) is 119 Å². The van der Waals surface area contributed by atoms with Gasteiger partial charge in [0.15, 0.2) is 0 Å². The van der Waals surface area contributed by atoms with Crippen LogP contribution >= 0.6 is 0 Å². The van der Waals surface area contributed by atoms with Crippen LogP contribution in [0.5, 0.6) is 5.75 Å². The lowest BCUT2D eigenvalue weighted by atomic mass is 10.1. The van der Waals surface area contributed by atoms with Gasteiger partial charge in [-0.05, 0) is 6.07 Å². The third kappa shape index (κ3) is 2.53. The molecule has 1 rings (SSSR count). The van der Waals surface area contributed by atoms with Gasteiger partial charge in [-0.2, -0.15) is 0 Å². The second kappa shape index (κ2) is 4.39. The Morgan fingerprint density at radius 2 is 2.19 bits per heavy atom. The number of nitrogen functional groups attached to an aromatic ring is 1. The van der Waals surface area contributed by atoms with Gasteiger partial charge in [-0.15, -0.1) is 0 Å². The molecule has 0 atom stereocenters. The molecule has 7 heteroatoms. The summed E-state index contributed by atoms with van der Waals surface area (Å²) in [6.45, 7) is 1.16. The average molecular weight is 223 g/mol. The summed E-state index contributed by atoms with van der Waals surface area (Å²) in [7, 11) is 0. The van der Waals surface area contributed by atoms with Crippen LogP contribution in [0.3, 0.4) is 0 Å². The number of nitrogens with two attached hydrogens (primary N) is 1. The number of amidine groups is 1. The van der Waals surface area contributed by atoms with E-state index >= 15 is 0 Å². The minimum Gasteiger partial charge on any atom is -0.426 e. The van der Waals surface area contributed by atoms with Gasteiger partial charge in [0.05, 0.1) is 16.6 Å². The van der Waals surface area contributed by atoms with Crippen molar-refractivity contribution in [3.63, 3.8) is 0 Å². The summed E-state index contributed by atoms with van der Waals surface area (Å²) in [6, 6.07) is 3.50. The third-order valence-corrected chi connectivity index (χ3v) is 1.72. The molecule has 0 radical (unpaired) electrons. The SMILES string of the molecule is CC(=O)Oc1cc([N+](=O)[O-])ccc1C(=N)N. The summed E-state index contributed by atoms with van der Waals surface area (Å²) in [4.78, 5) is 20.6. The molecule has 0 saturated carbocycles. The van der Waals surface area contributed by atoms with Crippen molar-refractivity contribution in [3.05, 3.63) is 33.9 Å². The second-order valence-corrected chi connectivity index (χ2v) is 2.94. The van der Waals surface area contributed by atoms with E-state index in [0.717, 1.165) is 13.0 Å². The number of nitrogens with zero attached hydrogens (tertiary/aromatic N) is 1. The molecule has 84 valence electrons. The molecule has 0 amide bonds. The van der Waals surface area contributed by atoms with E-state index in [1.165, 1.54) is 12.1 Å². The molecule has 0 aromatic heterocycles.